The molecule has 2 aromatic carbocycles. The third-order valence-corrected chi connectivity index (χ3v) is 5.44. The second-order valence-electron chi connectivity index (χ2n) is 6.00. The van der Waals surface area contributed by atoms with Crippen molar-refractivity contribution in [2.75, 3.05) is 0 Å². The number of rotatable bonds is 5. The van der Waals surface area contributed by atoms with Crippen molar-refractivity contribution in [2.45, 2.75) is 13.5 Å². The average molecular weight is 377 g/mol. The van der Waals surface area contributed by atoms with Crippen molar-refractivity contribution >= 4 is 39.4 Å². The Bertz CT molecular complexity index is 1160. The van der Waals surface area contributed by atoms with Crippen molar-refractivity contribution in [2.24, 2.45) is 0 Å². The number of para-hydroxylation sites is 1. The smallest absolute Gasteiger partial charge is 0.270 e. The van der Waals surface area contributed by atoms with Gasteiger partial charge in [0.05, 0.1) is 4.92 Å². The summed E-state index contributed by atoms with van der Waals surface area (Å²) >= 11 is 1.74. The Morgan fingerprint density at radius 1 is 1.11 bits per heavy atom. The number of furan rings is 1. The van der Waals surface area contributed by atoms with Crippen LogP contribution in [0.25, 0.3) is 33.7 Å². The first kappa shape index (κ1) is 17.2. The third kappa shape index (κ3) is 3.39. The van der Waals surface area contributed by atoms with Gasteiger partial charge in [-0.05, 0) is 31.2 Å². The SMILES string of the molecule is CC[n+]1c(C=Cc2ccc(-c3cccc([N+](=O)[O-])c3)o2)sc2ccccc21. The van der Waals surface area contributed by atoms with Gasteiger partial charge in [-0.1, -0.05) is 35.6 Å². The minimum Gasteiger partial charge on any atom is -0.457 e. The van der Waals surface area contributed by atoms with Crippen LogP contribution in [-0.4, -0.2) is 4.92 Å². The van der Waals surface area contributed by atoms with Crippen LogP contribution in [0.2, 0.25) is 0 Å². The summed E-state index contributed by atoms with van der Waals surface area (Å²) in [4.78, 5) is 10.5. The number of non-ortho nitro benzene ring substituents is 1. The van der Waals surface area contributed by atoms with E-state index in [4.69, 9.17) is 4.42 Å². The number of nitro benzene ring substituents is 1. The molecule has 0 radical (unpaired) electrons. The number of hydrogen-bond donors (Lipinski definition) is 0. The third-order valence-electron chi connectivity index (χ3n) is 4.31. The highest BCUT2D eigenvalue weighted by atomic mass is 32.1. The van der Waals surface area contributed by atoms with Crippen LogP contribution in [0.3, 0.4) is 0 Å². The summed E-state index contributed by atoms with van der Waals surface area (Å²) in [6, 6.07) is 18.5. The van der Waals surface area contributed by atoms with E-state index in [-0.39, 0.29) is 5.69 Å². The van der Waals surface area contributed by atoms with Gasteiger partial charge in [-0.2, -0.15) is 4.57 Å². The van der Waals surface area contributed by atoms with Crippen LogP contribution in [-0.2, 0) is 6.54 Å². The molecule has 0 saturated carbocycles. The molecule has 0 unspecified atom stereocenters. The number of thiazole rings is 1. The molecule has 0 saturated heterocycles. The van der Waals surface area contributed by atoms with E-state index in [9.17, 15) is 10.1 Å². The van der Waals surface area contributed by atoms with Crippen LogP contribution in [0, 0.1) is 10.1 Å². The van der Waals surface area contributed by atoms with Crippen LogP contribution in [0.15, 0.2) is 65.1 Å². The van der Waals surface area contributed by atoms with Gasteiger partial charge in [-0.25, -0.2) is 0 Å². The van der Waals surface area contributed by atoms with Crippen molar-refractivity contribution in [3.05, 3.63) is 81.5 Å². The van der Waals surface area contributed by atoms with Gasteiger partial charge in [0.15, 0.2) is 0 Å². The molecule has 0 bridgehead atoms. The molecule has 0 fully saturated rings. The molecule has 4 rings (SSSR count). The average Bonchev–Trinajstić information content (AvgIpc) is 3.30. The molecule has 0 spiro atoms. The monoisotopic (exact) mass is 377 g/mol. The molecule has 0 N–H and O–H groups in total. The van der Waals surface area contributed by atoms with Crippen molar-refractivity contribution in [3.63, 3.8) is 0 Å². The Balaban J connectivity index is 1.63. The lowest BCUT2D eigenvalue weighted by Gasteiger charge is -1.96. The van der Waals surface area contributed by atoms with E-state index in [1.54, 1.807) is 23.5 Å². The molecule has 4 aromatic rings. The lowest BCUT2D eigenvalue weighted by molar-refractivity contribution is -0.665. The summed E-state index contributed by atoms with van der Waals surface area (Å²) in [6.07, 6.45) is 3.97. The van der Waals surface area contributed by atoms with E-state index in [0.29, 0.717) is 17.1 Å². The zero-order valence-electron chi connectivity index (χ0n) is 14.7. The maximum absolute atomic E-state index is 10.9. The molecule has 0 aliphatic carbocycles. The van der Waals surface area contributed by atoms with Crippen molar-refractivity contribution < 1.29 is 13.9 Å². The molecule has 0 amide bonds. The minimum absolute atomic E-state index is 0.0512. The Hall–Kier alpha value is -3.25. The summed E-state index contributed by atoms with van der Waals surface area (Å²) in [7, 11) is 0. The summed E-state index contributed by atoms with van der Waals surface area (Å²) in [5.74, 6) is 1.31. The molecule has 134 valence electrons. The standard InChI is InChI=1S/C21H17N2O3S/c1-2-22-18-8-3-4-9-20(18)27-21(22)13-11-17-10-12-19(26-17)15-6-5-7-16(14-15)23(24)25/h3-14H,2H2,1H3/q+1. The number of nitro groups is 1. The first-order valence-corrected chi connectivity index (χ1v) is 9.41. The number of fused-ring (bicyclic) bond motifs is 1. The van der Waals surface area contributed by atoms with E-state index in [1.807, 2.05) is 36.4 Å². The Morgan fingerprint density at radius 3 is 2.78 bits per heavy atom. The maximum atomic E-state index is 10.9. The van der Waals surface area contributed by atoms with Gasteiger partial charge < -0.3 is 4.42 Å². The van der Waals surface area contributed by atoms with Gasteiger partial charge in [0, 0.05) is 29.8 Å². The van der Waals surface area contributed by atoms with Crippen molar-refractivity contribution in [1.82, 2.24) is 0 Å². The summed E-state index contributed by atoms with van der Waals surface area (Å²) in [6.45, 7) is 3.02. The molecule has 0 aliphatic heterocycles. The number of aromatic nitrogens is 1. The van der Waals surface area contributed by atoms with Gasteiger partial charge in [-0.3, -0.25) is 10.1 Å². The largest absolute Gasteiger partial charge is 0.457 e. The fraction of sp³-hybridized carbons (Fsp3) is 0.0952. The van der Waals surface area contributed by atoms with Crippen LogP contribution in [0.5, 0.6) is 0 Å². The second-order valence-corrected chi connectivity index (χ2v) is 7.06. The molecule has 0 atom stereocenters. The van der Waals surface area contributed by atoms with Crippen LogP contribution >= 0.6 is 11.3 Å². The van der Waals surface area contributed by atoms with E-state index in [0.717, 1.165) is 11.6 Å². The van der Waals surface area contributed by atoms with E-state index < -0.39 is 4.92 Å². The predicted octanol–water partition coefficient (Wildman–Crippen LogP) is 5.55. The highest BCUT2D eigenvalue weighted by molar-refractivity contribution is 7.18. The van der Waals surface area contributed by atoms with Crippen LogP contribution in [0.4, 0.5) is 5.69 Å². The predicted molar refractivity (Wildman–Crippen MR) is 107 cm³/mol. The maximum Gasteiger partial charge on any atom is 0.270 e. The highest BCUT2D eigenvalue weighted by Gasteiger charge is 2.16. The summed E-state index contributed by atoms with van der Waals surface area (Å²) in [5, 5.41) is 12.1. The molecule has 0 aliphatic rings. The molecular weight excluding hydrogens is 360 g/mol. The molecule has 27 heavy (non-hydrogen) atoms. The van der Waals surface area contributed by atoms with Gasteiger partial charge in [-0.15, -0.1) is 0 Å². The molecule has 5 nitrogen and oxygen atoms in total. The number of benzene rings is 2. The molecule has 2 heterocycles. The molecule has 2 aromatic heterocycles. The van der Waals surface area contributed by atoms with E-state index in [1.165, 1.54) is 22.3 Å². The molecular formula is C21H17N2O3S+. The Morgan fingerprint density at radius 2 is 1.96 bits per heavy atom. The zero-order chi connectivity index (χ0) is 18.8. The van der Waals surface area contributed by atoms with Crippen LogP contribution < -0.4 is 4.57 Å². The highest BCUT2D eigenvalue weighted by Crippen LogP contribution is 2.27. The first-order valence-electron chi connectivity index (χ1n) is 8.60. The fourth-order valence-corrected chi connectivity index (χ4v) is 4.16. The van der Waals surface area contributed by atoms with Crippen molar-refractivity contribution in [3.8, 4) is 11.3 Å². The van der Waals surface area contributed by atoms with Gasteiger partial charge in [0.2, 0.25) is 5.52 Å². The number of aryl methyl sites for hydroxylation is 1. The number of hydrogen-bond acceptors (Lipinski definition) is 4. The Kier molecular flexibility index (Phi) is 4.56. The normalized spacial score (nSPS) is 11.4. The quantitative estimate of drug-likeness (QED) is 0.260. The molecule has 6 heteroatoms. The van der Waals surface area contributed by atoms with Gasteiger partial charge in [0.25, 0.3) is 10.7 Å². The van der Waals surface area contributed by atoms with E-state index >= 15 is 0 Å². The van der Waals surface area contributed by atoms with Crippen LogP contribution in [0.1, 0.15) is 17.7 Å². The Labute approximate surface area is 160 Å². The summed E-state index contributed by atoms with van der Waals surface area (Å²) < 4.78 is 9.37. The van der Waals surface area contributed by atoms with Crippen molar-refractivity contribution in [1.29, 1.82) is 0 Å². The van der Waals surface area contributed by atoms with Gasteiger partial charge >= 0.3 is 0 Å². The second kappa shape index (κ2) is 7.17. The minimum atomic E-state index is -0.405. The summed E-state index contributed by atoms with van der Waals surface area (Å²) in [5.41, 5.74) is 1.96. The zero-order valence-corrected chi connectivity index (χ0v) is 15.5. The topological polar surface area (TPSA) is 60.2 Å². The lowest BCUT2D eigenvalue weighted by atomic mass is 10.1. The first-order chi connectivity index (χ1) is 13.2. The lowest BCUT2D eigenvalue weighted by Crippen LogP contribution is -2.33. The van der Waals surface area contributed by atoms with E-state index in [2.05, 4.69) is 23.6 Å². The number of nitrogens with zero attached hydrogens (tertiary/aromatic N) is 2. The van der Waals surface area contributed by atoms with Gasteiger partial charge in [0.1, 0.15) is 22.8 Å². The fourth-order valence-electron chi connectivity index (χ4n) is 3.03.